The first-order valence-electron chi connectivity index (χ1n) is 5.56. The number of furan rings is 1. The second-order valence-corrected chi connectivity index (χ2v) is 4.72. The maximum Gasteiger partial charge on any atom is 0.149 e. The van der Waals surface area contributed by atoms with Gasteiger partial charge in [0.25, 0.3) is 0 Å². The molecular formula is C13H12BrF2NO. The van der Waals surface area contributed by atoms with Crippen LogP contribution in [0.2, 0.25) is 0 Å². The molecule has 2 nitrogen and oxygen atoms in total. The summed E-state index contributed by atoms with van der Waals surface area (Å²) in [6, 6.07) is 5.68. The summed E-state index contributed by atoms with van der Waals surface area (Å²) in [4.78, 5) is 0. The molecule has 0 saturated heterocycles. The van der Waals surface area contributed by atoms with Crippen LogP contribution in [0.4, 0.5) is 14.5 Å². The third kappa shape index (κ3) is 2.72. The van der Waals surface area contributed by atoms with Gasteiger partial charge in [0.15, 0.2) is 0 Å². The van der Waals surface area contributed by atoms with Crippen LogP contribution < -0.4 is 5.32 Å². The van der Waals surface area contributed by atoms with Gasteiger partial charge in [0.1, 0.15) is 17.4 Å². The van der Waals surface area contributed by atoms with Crippen LogP contribution in [0, 0.1) is 11.6 Å². The lowest BCUT2D eigenvalue weighted by atomic mass is 10.1. The van der Waals surface area contributed by atoms with Gasteiger partial charge in [0, 0.05) is 6.07 Å². The maximum atomic E-state index is 13.6. The van der Waals surface area contributed by atoms with Gasteiger partial charge in [-0.2, -0.15) is 0 Å². The molecule has 96 valence electrons. The van der Waals surface area contributed by atoms with Crippen molar-refractivity contribution in [2.24, 2.45) is 0 Å². The number of rotatable bonds is 4. The summed E-state index contributed by atoms with van der Waals surface area (Å²) < 4.78 is 32.2. The molecule has 1 unspecified atom stereocenters. The molecule has 1 heterocycles. The lowest BCUT2D eigenvalue weighted by Crippen LogP contribution is -2.10. The van der Waals surface area contributed by atoms with E-state index in [2.05, 4.69) is 21.2 Å². The van der Waals surface area contributed by atoms with Crippen molar-refractivity contribution in [2.45, 2.75) is 19.4 Å². The summed E-state index contributed by atoms with van der Waals surface area (Å²) in [5, 5.41) is 3.00. The number of anilines is 1. The number of nitrogens with one attached hydrogen (secondary N) is 1. The zero-order chi connectivity index (χ0) is 13.1. The van der Waals surface area contributed by atoms with Crippen molar-refractivity contribution in [3.8, 4) is 0 Å². The highest BCUT2D eigenvalue weighted by Gasteiger charge is 2.15. The van der Waals surface area contributed by atoms with Crippen molar-refractivity contribution in [1.29, 1.82) is 0 Å². The van der Waals surface area contributed by atoms with E-state index in [1.807, 2.05) is 13.0 Å². The van der Waals surface area contributed by atoms with Gasteiger partial charge < -0.3 is 9.73 Å². The van der Waals surface area contributed by atoms with Gasteiger partial charge in [0.2, 0.25) is 0 Å². The van der Waals surface area contributed by atoms with Crippen molar-refractivity contribution in [2.75, 3.05) is 5.32 Å². The van der Waals surface area contributed by atoms with E-state index < -0.39 is 11.6 Å². The minimum Gasteiger partial charge on any atom is -0.467 e. The van der Waals surface area contributed by atoms with Crippen molar-refractivity contribution in [1.82, 2.24) is 0 Å². The van der Waals surface area contributed by atoms with Crippen LogP contribution in [0.5, 0.6) is 0 Å². The highest BCUT2D eigenvalue weighted by molar-refractivity contribution is 9.10. The third-order valence-electron chi connectivity index (χ3n) is 2.63. The average molecular weight is 316 g/mol. The van der Waals surface area contributed by atoms with E-state index in [0.29, 0.717) is 0 Å². The molecule has 0 aliphatic carbocycles. The van der Waals surface area contributed by atoms with E-state index in [-0.39, 0.29) is 16.2 Å². The molecule has 1 aromatic carbocycles. The van der Waals surface area contributed by atoms with Gasteiger partial charge in [-0.3, -0.25) is 0 Å². The molecule has 0 aliphatic heterocycles. The van der Waals surface area contributed by atoms with E-state index in [1.54, 1.807) is 12.3 Å². The Balaban J connectivity index is 2.25. The molecule has 1 N–H and O–H groups in total. The van der Waals surface area contributed by atoms with Crippen LogP contribution in [0.15, 0.2) is 39.4 Å². The summed E-state index contributed by atoms with van der Waals surface area (Å²) in [6.07, 6.45) is 2.29. The Labute approximate surface area is 112 Å². The van der Waals surface area contributed by atoms with Crippen molar-refractivity contribution in [3.05, 3.63) is 52.4 Å². The number of hydrogen-bond donors (Lipinski definition) is 1. The molecule has 2 rings (SSSR count). The summed E-state index contributed by atoms with van der Waals surface area (Å²) in [6.45, 7) is 1.96. The normalized spacial score (nSPS) is 12.4. The lowest BCUT2D eigenvalue weighted by molar-refractivity contribution is 0.472. The Morgan fingerprint density at radius 1 is 1.33 bits per heavy atom. The van der Waals surface area contributed by atoms with E-state index in [4.69, 9.17) is 4.42 Å². The average Bonchev–Trinajstić information content (AvgIpc) is 2.85. The molecule has 2 aromatic rings. The molecule has 0 fully saturated rings. The van der Waals surface area contributed by atoms with E-state index >= 15 is 0 Å². The third-order valence-corrected chi connectivity index (χ3v) is 3.24. The largest absolute Gasteiger partial charge is 0.467 e. The fourth-order valence-corrected chi connectivity index (χ4v) is 2.03. The number of halogens is 3. The van der Waals surface area contributed by atoms with Crippen molar-refractivity contribution in [3.63, 3.8) is 0 Å². The molecule has 1 atom stereocenters. The molecule has 0 radical (unpaired) electrons. The molecule has 0 bridgehead atoms. The highest BCUT2D eigenvalue weighted by atomic mass is 79.9. The van der Waals surface area contributed by atoms with Crippen LogP contribution in [0.3, 0.4) is 0 Å². The van der Waals surface area contributed by atoms with Gasteiger partial charge in [-0.15, -0.1) is 0 Å². The predicted octanol–water partition coefficient (Wildman–Crippen LogP) is 4.88. The summed E-state index contributed by atoms with van der Waals surface area (Å²) in [5.74, 6) is -0.526. The smallest absolute Gasteiger partial charge is 0.149 e. The molecule has 0 aliphatic rings. The molecule has 5 heteroatoms. The van der Waals surface area contributed by atoms with Gasteiger partial charge in [0.05, 0.1) is 22.5 Å². The summed E-state index contributed by atoms with van der Waals surface area (Å²) in [5.41, 5.74) is 0.242. The fourth-order valence-electron chi connectivity index (χ4n) is 1.68. The van der Waals surface area contributed by atoms with E-state index in [0.717, 1.165) is 18.2 Å². The Kier molecular flexibility index (Phi) is 4.01. The quantitative estimate of drug-likeness (QED) is 0.813. The first kappa shape index (κ1) is 13.1. The van der Waals surface area contributed by atoms with Crippen LogP contribution in [-0.2, 0) is 0 Å². The Hall–Kier alpha value is -1.36. The lowest BCUT2D eigenvalue weighted by Gasteiger charge is -2.17. The zero-order valence-corrected chi connectivity index (χ0v) is 11.3. The van der Waals surface area contributed by atoms with Gasteiger partial charge in [-0.05, 0) is 40.5 Å². The maximum absolute atomic E-state index is 13.6. The van der Waals surface area contributed by atoms with Crippen molar-refractivity contribution < 1.29 is 13.2 Å². The minimum atomic E-state index is -0.624. The topological polar surface area (TPSA) is 25.2 Å². The SMILES string of the molecule is CCC(Nc1cc(Br)c(F)cc1F)c1ccco1. The number of benzene rings is 1. The molecule has 0 saturated carbocycles. The molecule has 0 amide bonds. The van der Waals surface area contributed by atoms with Gasteiger partial charge in [-0.1, -0.05) is 6.92 Å². The van der Waals surface area contributed by atoms with E-state index in [9.17, 15) is 8.78 Å². The second-order valence-electron chi connectivity index (χ2n) is 3.87. The fraction of sp³-hybridized carbons (Fsp3) is 0.231. The zero-order valence-electron chi connectivity index (χ0n) is 9.71. The van der Waals surface area contributed by atoms with Crippen LogP contribution in [0.25, 0.3) is 0 Å². The Bertz CT molecular complexity index is 528. The van der Waals surface area contributed by atoms with Crippen molar-refractivity contribution >= 4 is 21.6 Å². The van der Waals surface area contributed by atoms with E-state index in [1.165, 1.54) is 6.07 Å². The van der Waals surface area contributed by atoms with Gasteiger partial charge >= 0.3 is 0 Å². The molecular weight excluding hydrogens is 304 g/mol. The first-order chi connectivity index (χ1) is 8.61. The van der Waals surface area contributed by atoms with Crippen LogP contribution in [0.1, 0.15) is 25.1 Å². The summed E-state index contributed by atoms with van der Waals surface area (Å²) in [7, 11) is 0. The molecule has 0 spiro atoms. The standard InChI is InChI=1S/C13H12BrF2NO/c1-2-11(13-4-3-5-18-13)17-12-6-8(14)9(15)7-10(12)16/h3-7,11,17H,2H2,1H3. The Morgan fingerprint density at radius 3 is 2.72 bits per heavy atom. The highest BCUT2D eigenvalue weighted by Crippen LogP contribution is 2.28. The second kappa shape index (κ2) is 5.52. The molecule has 18 heavy (non-hydrogen) atoms. The summed E-state index contributed by atoms with van der Waals surface area (Å²) >= 11 is 3.04. The van der Waals surface area contributed by atoms with Gasteiger partial charge in [-0.25, -0.2) is 8.78 Å². The van der Waals surface area contributed by atoms with Crippen LogP contribution in [-0.4, -0.2) is 0 Å². The predicted molar refractivity (Wildman–Crippen MR) is 69.4 cm³/mol. The minimum absolute atomic E-state index is 0.146. The monoisotopic (exact) mass is 315 g/mol. The van der Waals surface area contributed by atoms with Crippen LogP contribution >= 0.6 is 15.9 Å². The molecule has 1 aromatic heterocycles. The first-order valence-corrected chi connectivity index (χ1v) is 6.35. The Morgan fingerprint density at radius 2 is 2.11 bits per heavy atom. The number of hydrogen-bond acceptors (Lipinski definition) is 2.